The van der Waals surface area contributed by atoms with Gasteiger partial charge in [0.1, 0.15) is 5.82 Å². The highest BCUT2D eigenvalue weighted by atomic mass is 79.9. The highest BCUT2D eigenvalue weighted by Gasteiger charge is 2.09. The van der Waals surface area contributed by atoms with Gasteiger partial charge in [-0.3, -0.25) is 0 Å². The molecule has 0 radical (unpaired) electrons. The van der Waals surface area contributed by atoms with Crippen LogP contribution < -0.4 is 5.32 Å². The summed E-state index contributed by atoms with van der Waals surface area (Å²) in [5, 5.41) is 6.19. The summed E-state index contributed by atoms with van der Waals surface area (Å²) in [6.45, 7) is 3.94. The molecule has 0 unspecified atom stereocenters. The third-order valence-corrected chi connectivity index (χ3v) is 3.92. The van der Waals surface area contributed by atoms with Gasteiger partial charge >= 0.3 is 0 Å². The minimum atomic E-state index is -0.235. The predicted molar refractivity (Wildman–Crippen MR) is 77.5 cm³/mol. The highest BCUT2D eigenvalue weighted by molar-refractivity contribution is 9.10. The molecule has 1 aromatic carbocycles. The zero-order valence-corrected chi connectivity index (χ0v) is 12.4. The van der Waals surface area contributed by atoms with Crippen LogP contribution in [0.4, 0.5) is 4.39 Å². The van der Waals surface area contributed by atoms with Crippen molar-refractivity contribution in [3.05, 3.63) is 38.9 Å². The lowest BCUT2D eigenvalue weighted by molar-refractivity contribution is 0.630. The zero-order chi connectivity index (χ0) is 13.0. The maximum Gasteiger partial charge on any atom is 0.132 e. The summed E-state index contributed by atoms with van der Waals surface area (Å²) in [6.07, 6.45) is 0.883. The summed E-state index contributed by atoms with van der Waals surface area (Å²) >= 11 is 4.93. The number of halogens is 2. The van der Waals surface area contributed by atoms with Crippen LogP contribution in [0.1, 0.15) is 11.9 Å². The minimum Gasteiger partial charge on any atom is -0.317 e. The summed E-state index contributed by atoms with van der Waals surface area (Å²) < 4.78 is 14.6. The standard InChI is InChI=1S/C13H14BrFN2S/c1-2-16-6-5-13-17-12(8-18-13)10-7-9(14)3-4-11(10)15/h3-4,7-8,16H,2,5-6H2,1H3. The molecule has 5 heteroatoms. The maximum atomic E-state index is 13.7. The van der Waals surface area contributed by atoms with Gasteiger partial charge in [0.15, 0.2) is 0 Å². The van der Waals surface area contributed by atoms with E-state index in [2.05, 4.69) is 33.2 Å². The Labute approximate surface area is 118 Å². The summed E-state index contributed by atoms with van der Waals surface area (Å²) in [7, 11) is 0. The van der Waals surface area contributed by atoms with E-state index < -0.39 is 0 Å². The zero-order valence-electron chi connectivity index (χ0n) is 10.0. The van der Waals surface area contributed by atoms with Gasteiger partial charge in [-0.05, 0) is 24.7 Å². The highest BCUT2D eigenvalue weighted by Crippen LogP contribution is 2.27. The molecule has 2 rings (SSSR count). The van der Waals surface area contributed by atoms with Crippen LogP contribution in [0.15, 0.2) is 28.1 Å². The van der Waals surface area contributed by atoms with Crippen molar-refractivity contribution < 1.29 is 4.39 Å². The summed E-state index contributed by atoms with van der Waals surface area (Å²) in [5.74, 6) is -0.235. The van der Waals surface area contributed by atoms with Gasteiger partial charge in [0, 0.05) is 28.4 Å². The fourth-order valence-electron chi connectivity index (χ4n) is 1.62. The molecule has 0 fully saturated rings. The van der Waals surface area contributed by atoms with Crippen LogP contribution in [0.25, 0.3) is 11.3 Å². The van der Waals surface area contributed by atoms with Gasteiger partial charge in [-0.15, -0.1) is 11.3 Å². The Balaban J connectivity index is 2.16. The van der Waals surface area contributed by atoms with E-state index in [1.54, 1.807) is 23.5 Å². The first kappa shape index (κ1) is 13.6. The molecule has 0 amide bonds. The third kappa shape index (κ3) is 3.37. The van der Waals surface area contributed by atoms with Crippen molar-refractivity contribution in [1.29, 1.82) is 0 Å². The first-order valence-electron chi connectivity index (χ1n) is 5.81. The second-order valence-corrected chi connectivity index (χ2v) is 5.71. The predicted octanol–water partition coefficient (Wildman–Crippen LogP) is 3.86. The van der Waals surface area contributed by atoms with E-state index in [0.717, 1.165) is 29.0 Å². The molecule has 0 aliphatic carbocycles. The van der Waals surface area contributed by atoms with Gasteiger partial charge in [0.05, 0.1) is 10.7 Å². The van der Waals surface area contributed by atoms with Gasteiger partial charge in [-0.2, -0.15) is 0 Å². The van der Waals surface area contributed by atoms with Gasteiger partial charge in [-0.25, -0.2) is 9.37 Å². The second-order valence-electron chi connectivity index (χ2n) is 3.85. The van der Waals surface area contributed by atoms with Crippen LogP contribution in [0, 0.1) is 5.82 Å². The summed E-state index contributed by atoms with van der Waals surface area (Å²) in [5.41, 5.74) is 1.26. The molecule has 0 aliphatic heterocycles. The van der Waals surface area contributed by atoms with Crippen molar-refractivity contribution in [2.75, 3.05) is 13.1 Å². The van der Waals surface area contributed by atoms with Crippen LogP contribution in [0.3, 0.4) is 0 Å². The molecular weight excluding hydrogens is 315 g/mol. The second kappa shape index (κ2) is 6.41. The molecule has 1 heterocycles. The molecule has 0 bridgehead atoms. The number of hydrogen-bond donors (Lipinski definition) is 1. The number of likely N-dealkylation sites (N-methyl/N-ethyl adjacent to an activating group) is 1. The fraction of sp³-hybridized carbons (Fsp3) is 0.308. The topological polar surface area (TPSA) is 24.9 Å². The average molecular weight is 329 g/mol. The molecule has 1 aromatic heterocycles. The van der Waals surface area contributed by atoms with Crippen molar-refractivity contribution in [3.63, 3.8) is 0 Å². The molecule has 0 spiro atoms. The third-order valence-electron chi connectivity index (χ3n) is 2.52. The van der Waals surface area contributed by atoms with Gasteiger partial charge in [0.25, 0.3) is 0 Å². The van der Waals surface area contributed by atoms with E-state index in [4.69, 9.17) is 0 Å². The van der Waals surface area contributed by atoms with Crippen LogP contribution in [-0.4, -0.2) is 18.1 Å². The summed E-state index contributed by atoms with van der Waals surface area (Å²) in [6, 6.07) is 4.91. The van der Waals surface area contributed by atoms with E-state index in [9.17, 15) is 4.39 Å². The van der Waals surface area contributed by atoms with Gasteiger partial charge in [-0.1, -0.05) is 22.9 Å². The fourth-order valence-corrected chi connectivity index (χ4v) is 2.77. The van der Waals surface area contributed by atoms with Crippen molar-refractivity contribution in [1.82, 2.24) is 10.3 Å². The van der Waals surface area contributed by atoms with E-state index >= 15 is 0 Å². The molecule has 96 valence electrons. The number of nitrogens with zero attached hydrogens (tertiary/aromatic N) is 1. The number of thiazole rings is 1. The SMILES string of the molecule is CCNCCc1nc(-c2cc(Br)ccc2F)cs1. The van der Waals surface area contributed by atoms with Crippen molar-refractivity contribution in [2.24, 2.45) is 0 Å². The van der Waals surface area contributed by atoms with E-state index in [-0.39, 0.29) is 5.82 Å². The Morgan fingerprint density at radius 2 is 2.28 bits per heavy atom. The summed E-state index contributed by atoms with van der Waals surface area (Å²) in [4.78, 5) is 4.47. The Kier molecular flexibility index (Phi) is 4.86. The lowest BCUT2D eigenvalue weighted by atomic mass is 10.1. The maximum absolute atomic E-state index is 13.7. The molecular formula is C13H14BrFN2S. The Bertz CT molecular complexity index is 527. The first-order chi connectivity index (χ1) is 8.70. The van der Waals surface area contributed by atoms with E-state index in [1.807, 2.05) is 5.38 Å². The molecule has 1 N–H and O–H groups in total. The molecule has 0 atom stereocenters. The quantitative estimate of drug-likeness (QED) is 0.843. The number of benzene rings is 1. The molecule has 2 aromatic rings. The minimum absolute atomic E-state index is 0.235. The van der Waals surface area contributed by atoms with Crippen molar-refractivity contribution in [3.8, 4) is 11.3 Å². The first-order valence-corrected chi connectivity index (χ1v) is 7.48. The lowest BCUT2D eigenvalue weighted by Gasteiger charge is -2.00. The Hall–Kier alpha value is -0.780. The molecule has 0 aliphatic rings. The van der Waals surface area contributed by atoms with E-state index in [0.29, 0.717) is 11.3 Å². The average Bonchev–Trinajstić information content (AvgIpc) is 2.81. The normalized spacial score (nSPS) is 10.8. The largest absolute Gasteiger partial charge is 0.317 e. The molecule has 0 saturated heterocycles. The number of hydrogen-bond acceptors (Lipinski definition) is 3. The van der Waals surface area contributed by atoms with Crippen LogP contribution >= 0.6 is 27.3 Å². The smallest absolute Gasteiger partial charge is 0.132 e. The lowest BCUT2D eigenvalue weighted by Crippen LogP contribution is -2.15. The van der Waals surface area contributed by atoms with Crippen LogP contribution in [0.2, 0.25) is 0 Å². The number of rotatable bonds is 5. The van der Waals surface area contributed by atoms with Crippen LogP contribution in [-0.2, 0) is 6.42 Å². The van der Waals surface area contributed by atoms with Gasteiger partial charge in [0.2, 0.25) is 0 Å². The van der Waals surface area contributed by atoms with Crippen molar-refractivity contribution >= 4 is 27.3 Å². The Morgan fingerprint density at radius 3 is 3.06 bits per heavy atom. The molecule has 0 saturated carbocycles. The number of aromatic nitrogens is 1. The Morgan fingerprint density at radius 1 is 1.44 bits per heavy atom. The molecule has 2 nitrogen and oxygen atoms in total. The van der Waals surface area contributed by atoms with Crippen LogP contribution in [0.5, 0.6) is 0 Å². The molecule has 18 heavy (non-hydrogen) atoms. The number of nitrogens with one attached hydrogen (secondary N) is 1. The van der Waals surface area contributed by atoms with Crippen molar-refractivity contribution in [2.45, 2.75) is 13.3 Å². The monoisotopic (exact) mass is 328 g/mol. The van der Waals surface area contributed by atoms with Gasteiger partial charge < -0.3 is 5.32 Å². The van der Waals surface area contributed by atoms with E-state index in [1.165, 1.54) is 6.07 Å².